The number of ketones is 1. The molecule has 0 amide bonds. The van der Waals surface area contributed by atoms with Crippen molar-refractivity contribution in [1.29, 1.82) is 0 Å². The van der Waals surface area contributed by atoms with Crippen molar-refractivity contribution in [2.45, 2.75) is 46.3 Å². The van der Waals surface area contributed by atoms with Crippen molar-refractivity contribution in [3.63, 3.8) is 0 Å². The Labute approximate surface area is 160 Å². The lowest BCUT2D eigenvalue weighted by Gasteiger charge is -2.28. The molecular formula is C20H29NO6. The first-order chi connectivity index (χ1) is 12.7. The van der Waals surface area contributed by atoms with Crippen LogP contribution in [0, 0.1) is 11.8 Å². The van der Waals surface area contributed by atoms with Crippen LogP contribution in [0.3, 0.4) is 0 Å². The summed E-state index contributed by atoms with van der Waals surface area (Å²) in [7, 11) is 1.38. The lowest BCUT2D eigenvalue weighted by Crippen LogP contribution is -2.37. The highest BCUT2D eigenvalue weighted by Crippen LogP contribution is 2.29. The summed E-state index contributed by atoms with van der Waals surface area (Å²) in [6.07, 6.45) is 2.10. The number of ether oxygens (including phenoxy) is 3. The summed E-state index contributed by atoms with van der Waals surface area (Å²) in [5, 5.41) is 10.0. The van der Waals surface area contributed by atoms with Gasteiger partial charge in [-0.3, -0.25) is 9.59 Å². The van der Waals surface area contributed by atoms with Crippen LogP contribution < -0.4 is 4.74 Å². The zero-order chi connectivity index (χ0) is 20.6. The highest BCUT2D eigenvalue weighted by molar-refractivity contribution is 5.99. The van der Waals surface area contributed by atoms with Crippen molar-refractivity contribution in [1.82, 2.24) is 4.98 Å². The zero-order valence-corrected chi connectivity index (χ0v) is 16.6. The molecule has 0 saturated carbocycles. The van der Waals surface area contributed by atoms with Crippen LogP contribution in [-0.2, 0) is 14.3 Å². The number of nitrogens with zero attached hydrogens (tertiary/aromatic N) is 1. The first kappa shape index (κ1) is 22.6. The number of hydrogen-bond donors (Lipinski definition) is 1. The maximum atomic E-state index is 12.5. The molecule has 0 saturated heterocycles. The molecule has 7 nitrogen and oxygen atoms in total. The van der Waals surface area contributed by atoms with E-state index in [0.717, 1.165) is 0 Å². The Morgan fingerprint density at radius 3 is 2.52 bits per heavy atom. The van der Waals surface area contributed by atoms with Gasteiger partial charge >= 0.3 is 5.97 Å². The van der Waals surface area contributed by atoms with Crippen LogP contribution in [0.5, 0.6) is 11.5 Å². The fourth-order valence-corrected chi connectivity index (χ4v) is 2.60. The third kappa shape index (κ3) is 6.36. The predicted molar refractivity (Wildman–Crippen MR) is 101 cm³/mol. The molecule has 0 radical (unpaired) electrons. The summed E-state index contributed by atoms with van der Waals surface area (Å²) in [5.74, 6) is -1.81. The molecule has 3 atom stereocenters. The van der Waals surface area contributed by atoms with Crippen molar-refractivity contribution >= 4 is 11.8 Å². The SMILES string of the molecule is C=CCO[C@@H](C)[C@H](OC(=O)[C@H](C)CC(=O)c1nccc(OC)c1O)C(C)C. The van der Waals surface area contributed by atoms with E-state index in [4.69, 9.17) is 14.2 Å². The molecule has 0 aliphatic heterocycles. The van der Waals surface area contributed by atoms with Gasteiger partial charge in [0.1, 0.15) is 6.10 Å². The van der Waals surface area contributed by atoms with Gasteiger partial charge in [-0.25, -0.2) is 4.98 Å². The largest absolute Gasteiger partial charge is 0.503 e. The number of pyridine rings is 1. The van der Waals surface area contributed by atoms with Gasteiger partial charge in [0.25, 0.3) is 0 Å². The molecule has 0 aromatic carbocycles. The second-order valence-corrected chi connectivity index (χ2v) is 6.71. The predicted octanol–water partition coefficient (Wildman–Crippen LogP) is 3.16. The second-order valence-electron chi connectivity index (χ2n) is 6.71. The van der Waals surface area contributed by atoms with Gasteiger partial charge in [-0.05, 0) is 12.8 Å². The molecule has 0 unspecified atom stereocenters. The molecule has 1 heterocycles. The van der Waals surface area contributed by atoms with Gasteiger partial charge in [0.05, 0.1) is 25.7 Å². The molecule has 1 N–H and O–H groups in total. The number of Topliss-reactive ketones (excluding diaryl/α,β-unsaturated/α-hetero) is 1. The van der Waals surface area contributed by atoms with Gasteiger partial charge < -0.3 is 19.3 Å². The number of carbonyl (C=O) groups is 2. The Kier molecular flexibility index (Phi) is 8.94. The average molecular weight is 379 g/mol. The van der Waals surface area contributed by atoms with Gasteiger partial charge in [-0.1, -0.05) is 26.8 Å². The minimum atomic E-state index is -0.697. The first-order valence-electron chi connectivity index (χ1n) is 8.91. The summed E-state index contributed by atoms with van der Waals surface area (Å²) in [6.45, 7) is 11.2. The lowest BCUT2D eigenvalue weighted by atomic mass is 10.00. The van der Waals surface area contributed by atoms with Crippen LogP contribution in [0.4, 0.5) is 0 Å². The fraction of sp³-hybridized carbons (Fsp3) is 0.550. The van der Waals surface area contributed by atoms with Crippen LogP contribution in [-0.4, -0.2) is 47.8 Å². The second kappa shape index (κ2) is 10.7. The number of aromatic nitrogens is 1. The number of aromatic hydroxyl groups is 1. The molecule has 7 heteroatoms. The molecule has 1 aromatic heterocycles. The molecular weight excluding hydrogens is 350 g/mol. The minimum absolute atomic E-state index is 0.0424. The maximum Gasteiger partial charge on any atom is 0.309 e. The Bertz CT molecular complexity index is 658. The van der Waals surface area contributed by atoms with Gasteiger partial charge in [0.2, 0.25) is 0 Å². The Hall–Kier alpha value is -2.41. The molecule has 150 valence electrons. The van der Waals surface area contributed by atoms with E-state index < -0.39 is 23.8 Å². The molecule has 0 aliphatic carbocycles. The number of carbonyl (C=O) groups excluding carboxylic acids is 2. The van der Waals surface area contributed by atoms with Gasteiger partial charge in [-0.2, -0.15) is 0 Å². The van der Waals surface area contributed by atoms with Crippen LogP contribution >= 0.6 is 0 Å². The summed E-state index contributed by atoms with van der Waals surface area (Å²) in [5.41, 5.74) is -0.128. The normalized spacial score (nSPS) is 14.3. The molecule has 0 aliphatic rings. The number of esters is 1. The van der Waals surface area contributed by atoms with E-state index in [1.165, 1.54) is 19.4 Å². The third-order valence-electron chi connectivity index (χ3n) is 4.11. The van der Waals surface area contributed by atoms with E-state index in [-0.39, 0.29) is 35.6 Å². The van der Waals surface area contributed by atoms with Crippen LogP contribution in [0.25, 0.3) is 0 Å². The molecule has 27 heavy (non-hydrogen) atoms. The first-order valence-corrected chi connectivity index (χ1v) is 8.91. The quantitative estimate of drug-likeness (QED) is 0.358. The summed E-state index contributed by atoms with van der Waals surface area (Å²) >= 11 is 0. The maximum absolute atomic E-state index is 12.5. The average Bonchev–Trinajstić information content (AvgIpc) is 2.63. The fourth-order valence-electron chi connectivity index (χ4n) is 2.60. The summed E-state index contributed by atoms with van der Waals surface area (Å²) in [6, 6.07) is 1.45. The number of methoxy groups -OCH3 is 1. The van der Waals surface area contributed by atoms with E-state index in [9.17, 15) is 14.7 Å². The highest BCUT2D eigenvalue weighted by Gasteiger charge is 2.29. The zero-order valence-electron chi connectivity index (χ0n) is 16.6. The standard InChI is InChI=1S/C20H29NO6/c1-7-10-26-14(5)19(12(2)3)27-20(24)13(4)11-15(22)17-18(23)16(25-6)8-9-21-17/h7-9,12-14,19,23H,1,10-11H2,2-6H3/t13-,14+,19-/m1/s1. The lowest BCUT2D eigenvalue weighted by molar-refractivity contribution is -0.164. The van der Waals surface area contributed by atoms with E-state index in [1.807, 2.05) is 20.8 Å². The molecule has 0 bridgehead atoms. The van der Waals surface area contributed by atoms with E-state index >= 15 is 0 Å². The van der Waals surface area contributed by atoms with Gasteiger partial charge in [0, 0.05) is 18.7 Å². The van der Waals surface area contributed by atoms with Crippen LogP contribution in [0.15, 0.2) is 24.9 Å². The van der Waals surface area contributed by atoms with Crippen LogP contribution in [0.2, 0.25) is 0 Å². The highest BCUT2D eigenvalue weighted by atomic mass is 16.6. The van der Waals surface area contributed by atoms with Crippen molar-refractivity contribution in [3.05, 3.63) is 30.6 Å². The Morgan fingerprint density at radius 2 is 1.96 bits per heavy atom. The summed E-state index contributed by atoms with van der Waals surface area (Å²) in [4.78, 5) is 28.8. The van der Waals surface area contributed by atoms with E-state index in [2.05, 4.69) is 11.6 Å². The Balaban J connectivity index is 2.77. The molecule has 1 rings (SSSR count). The molecule has 0 fully saturated rings. The topological polar surface area (TPSA) is 95.0 Å². The van der Waals surface area contributed by atoms with E-state index in [0.29, 0.717) is 6.61 Å². The van der Waals surface area contributed by atoms with Crippen molar-refractivity contribution in [2.24, 2.45) is 11.8 Å². The monoisotopic (exact) mass is 379 g/mol. The van der Waals surface area contributed by atoms with Crippen molar-refractivity contribution < 1.29 is 28.9 Å². The number of rotatable bonds is 11. The van der Waals surface area contributed by atoms with Crippen molar-refractivity contribution in [3.8, 4) is 11.5 Å². The molecule has 1 aromatic rings. The van der Waals surface area contributed by atoms with Crippen LogP contribution in [0.1, 0.15) is 44.6 Å². The minimum Gasteiger partial charge on any atom is -0.503 e. The summed E-state index contributed by atoms with van der Waals surface area (Å²) < 4.78 is 16.1. The van der Waals surface area contributed by atoms with Gasteiger partial charge in [0.15, 0.2) is 23.0 Å². The third-order valence-corrected chi connectivity index (χ3v) is 4.11. The Morgan fingerprint density at radius 1 is 1.30 bits per heavy atom. The van der Waals surface area contributed by atoms with Crippen molar-refractivity contribution in [2.75, 3.05) is 13.7 Å². The van der Waals surface area contributed by atoms with E-state index in [1.54, 1.807) is 13.0 Å². The van der Waals surface area contributed by atoms with Gasteiger partial charge in [-0.15, -0.1) is 6.58 Å². The molecule has 0 spiro atoms. The number of hydrogen-bond acceptors (Lipinski definition) is 7. The smallest absolute Gasteiger partial charge is 0.309 e.